The average molecular weight is 261 g/mol. The molecule has 1 aliphatic heterocycles. The molecule has 0 fully saturated rings. The number of aryl methyl sites for hydroxylation is 2. The fourth-order valence-electron chi connectivity index (χ4n) is 2.38. The van der Waals surface area contributed by atoms with Gasteiger partial charge in [0.1, 0.15) is 5.82 Å². The van der Waals surface area contributed by atoms with Gasteiger partial charge in [0.05, 0.1) is 22.9 Å². The lowest BCUT2D eigenvalue weighted by molar-refractivity contribution is 0.683. The first kappa shape index (κ1) is 11.5. The molecule has 2 N–H and O–H groups in total. The van der Waals surface area contributed by atoms with E-state index in [0.717, 1.165) is 22.5 Å². The summed E-state index contributed by atoms with van der Waals surface area (Å²) in [6.45, 7) is 4.11. The Bertz CT molecular complexity index is 660. The van der Waals surface area contributed by atoms with Crippen molar-refractivity contribution in [3.05, 3.63) is 40.6 Å². The molecule has 2 heterocycles. The summed E-state index contributed by atoms with van der Waals surface area (Å²) in [4.78, 5) is 0. The molecular weight excluding hydrogens is 246 g/mol. The Balaban J connectivity index is 2.14. The topological polar surface area (TPSA) is 60.9 Å². The van der Waals surface area contributed by atoms with Crippen LogP contribution in [-0.4, -0.2) is 14.0 Å². The lowest BCUT2D eigenvalue weighted by Crippen LogP contribution is -2.06. The van der Waals surface area contributed by atoms with Crippen molar-refractivity contribution in [1.29, 1.82) is 0 Å². The van der Waals surface area contributed by atoms with Gasteiger partial charge >= 0.3 is 0 Å². The molecule has 1 aliphatic rings. The van der Waals surface area contributed by atoms with Crippen LogP contribution in [-0.2, 0) is 22.3 Å². The summed E-state index contributed by atoms with van der Waals surface area (Å²) in [7, 11) is -0.828. The van der Waals surface area contributed by atoms with E-state index < -0.39 is 10.8 Å². The predicted octanol–water partition coefficient (Wildman–Crippen LogP) is 1.83. The molecule has 0 radical (unpaired) electrons. The van der Waals surface area contributed by atoms with E-state index in [1.807, 2.05) is 19.1 Å². The zero-order valence-corrected chi connectivity index (χ0v) is 11.3. The molecule has 2 aromatic rings. The van der Waals surface area contributed by atoms with Gasteiger partial charge in [-0.05, 0) is 25.5 Å². The molecule has 3 rings (SSSR count). The summed E-state index contributed by atoms with van der Waals surface area (Å²) in [5, 5.41) is 4.50. The molecule has 0 spiro atoms. The Hall–Kier alpha value is -1.62. The third-order valence-corrected chi connectivity index (χ3v) is 4.50. The molecule has 1 unspecified atom stereocenters. The fourth-order valence-corrected chi connectivity index (χ4v) is 3.65. The van der Waals surface area contributed by atoms with Gasteiger partial charge < -0.3 is 5.73 Å². The normalized spacial score (nSPS) is 18.0. The van der Waals surface area contributed by atoms with Crippen LogP contribution in [0.1, 0.15) is 22.4 Å². The molecule has 1 aromatic heterocycles. The summed E-state index contributed by atoms with van der Waals surface area (Å²) in [6.07, 6.45) is 0. The fraction of sp³-hybridized carbons (Fsp3) is 0.308. The summed E-state index contributed by atoms with van der Waals surface area (Å²) in [6, 6.07) is 6.19. The third kappa shape index (κ3) is 1.66. The summed E-state index contributed by atoms with van der Waals surface area (Å²) in [5.74, 6) is 1.69. The minimum atomic E-state index is -0.828. The third-order valence-electron chi connectivity index (χ3n) is 3.29. The van der Waals surface area contributed by atoms with E-state index in [-0.39, 0.29) is 0 Å². The molecule has 1 atom stereocenters. The van der Waals surface area contributed by atoms with Crippen molar-refractivity contribution >= 4 is 16.6 Å². The van der Waals surface area contributed by atoms with Crippen molar-refractivity contribution in [2.45, 2.75) is 25.4 Å². The van der Waals surface area contributed by atoms with Gasteiger partial charge in [-0.2, -0.15) is 5.10 Å². The highest BCUT2D eigenvalue weighted by atomic mass is 32.2. The quantitative estimate of drug-likeness (QED) is 0.852. The highest BCUT2D eigenvalue weighted by Gasteiger charge is 2.26. The number of rotatable bonds is 1. The molecule has 94 valence electrons. The van der Waals surface area contributed by atoms with E-state index in [1.54, 1.807) is 4.68 Å². The lowest BCUT2D eigenvalue weighted by atomic mass is 10.1. The van der Waals surface area contributed by atoms with Gasteiger partial charge in [-0.1, -0.05) is 17.7 Å². The van der Waals surface area contributed by atoms with Gasteiger partial charge in [0.15, 0.2) is 0 Å². The van der Waals surface area contributed by atoms with E-state index >= 15 is 0 Å². The standard InChI is InChI=1S/C13H15N3OS/c1-8-3-4-12(9(2)5-8)16-13(14)10-6-18(17)7-11(10)15-16/h3-5H,6-7,14H2,1-2H3. The molecule has 5 heteroatoms. The molecule has 0 saturated heterocycles. The van der Waals surface area contributed by atoms with Gasteiger partial charge in [0, 0.05) is 16.4 Å². The molecule has 0 amide bonds. The van der Waals surface area contributed by atoms with Crippen molar-refractivity contribution in [3.8, 4) is 5.69 Å². The average Bonchev–Trinajstić information content (AvgIpc) is 2.78. The number of nitrogens with two attached hydrogens (primary N) is 1. The smallest absolute Gasteiger partial charge is 0.131 e. The second kappa shape index (κ2) is 3.95. The second-order valence-electron chi connectivity index (χ2n) is 4.74. The van der Waals surface area contributed by atoms with Crippen molar-refractivity contribution in [2.24, 2.45) is 0 Å². The Morgan fingerprint density at radius 3 is 2.78 bits per heavy atom. The van der Waals surface area contributed by atoms with Crippen LogP contribution < -0.4 is 5.73 Å². The van der Waals surface area contributed by atoms with E-state index in [4.69, 9.17) is 5.73 Å². The summed E-state index contributed by atoms with van der Waals surface area (Å²) >= 11 is 0. The number of nitrogens with zero attached hydrogens (tertiary/aromatic N) is 2. The van der Waals surface area contributed by atoms with Gasteiger partial charge in [0.25, 0.3) is 0 Å². The maximum absolute atomic E-state index is 11.5. The highest BCUT2D eigenvalue weighted by molar-refractivity contribution is 7.83. The Kier molecular flexibility index (Phi) is 2.52. The van der Waals surface area contributed by atoms with Crippen molar-refractivity contribution in [1.82, 2.24) is 9.78 Å². The van der Waals surface area contributed by atoms with Gasteiger partial charge in [-0.25, -0.2) is 4.68 Å². The Labute approximate surface area is 108 Å². The van der Waals surface area contributed by atoms with Crippen LogP contribution in [0.25, 0.3) is 5.69 Å². The number of fused-ring (bicyclic) bond motifs is 1. The number of hydrogen-bond donors (Lipinski definition) is 1. The van der Waals surface area contributed by atoms with Crippen LogP contribution in [0.15, 0.2) is 18.2 Å². The number of nitrogen functional groups attached to an aromatic ring is 1. The van der Waals surface area contributed by atoms with Gasteiger partial charge in [-0.3, -0.25) is 4.21 Å². The molecular formula is C13H15N3OS. The van der Waals surface area contributed by atoms with Crippen molar-refractivity contribution in [3.63, 3.8) is 0 Å². The Morgan fingerprint density at radius 2 is 2.11 bits per heavy atom. The number of benzene rings is 1. The molecule has 0 saturated carbocycles. The first-order chi connectivity index (χ1) is 8.56. The van der Waals surface area contributed by atoms with E-state index in [0.29, 0.717) is 17.3 Å². The van der Waals surface area contributed by atoms with E-state index in [2.05, 4.69) is 18.1 Å². The van der Waals surface area contributed by atoms with Crippen LogP contribution in [0.4, 0.5) is 5.82 Å². The molecule has 0 bridgehead atoms. The van der Waals surface area contributed by atoms with Crippen molar-refractivity contribution in [2.75, 3.05) is 5.73 Å². The SMILES string of the molecule is Cc1ccc(-n2nc3c(c2N)CS(=O)C3)c(C)c1. The molecule has 4 nitrogen and oxygen atoms in total. The van der Waals surface area contributed by atoms with Crippen LogP contribution in [0.3, 0.4) is 0 Å². The van der Waals surface area contributed by atoms with E-state index in [1.165, 1.54) is 5.56 Å². The maximum Gasteiger partial charge on any atom is 0.131 e. The van der Waals surface area contributed by atoms with Crippen LogP contribution >= 0.6 is 0 Å². The first-order valence-electron chi connectivity index (χ1n) is 5.85. The largest absolute Gasteiger partial charge is 0.383 e. The first-order valence-corrected chi connectivity index (χ1v) is 7.34. The maximum atomic E-state index is 11.5. The number of hydrogen-bond acceptors (Lipinski definition) is 3. The minimum absolute atomic E-state index is 0.525. The van der Waals surface area contributed by atoms with Gasteiger partial charge in [-0.15, -0.1) is 0 Å². The molecule has 1 aromatic carbocycles. The van der Waals surface area contributed by atoms with Gasteiger partial charge in [0.2, 0.25) is 0 Å². The molecule has 18 heavy (non-hydrogen) atoms. The lowest BCUT2D eigenvalue weighted by Gasteiger charge is -2.09. The minimum Gasteiger partial charge on any atom is -0.383 e. The zero-order chi connectivity index (χ0) is 12.9. The highest BCUT2D eigenvalue weighted by Crippen LogP contribution is 2.30. The van der Waals surface area contributed by atoms with Crippen LogP contribution in [0.5, 0.6) is 0 Å². The van der Waals surface area contributed by atoms with Crippen LogP contribution in [0.2, 0.25) is 0 Å². The summed E-state index contributed by atoms with van der Waals surface area (Å²) in [5.41, 5.74) is 11.3. The monoisotopic (exact) mass is 261 g/mol. The van der Waals surface area contributed by atoms with Crippen molar-refractivity contribution < 1.29 is 4.21 Å². The molecule has 0 aliphatic carbocycles. The zero-order valence-electron chi connectivity index (χ0n) is 10.4. The predicted molar refractivity (Wildman–Crippen MR) is 73.0 cm³/mol. The second-order valence-corrected chi connectivity index (χ2v) is 6.20. The Morgan fingerprint density at radius 1 is 1.33 bits per heavy atom. The summed E-state index contributed by atoms with van der Waals surface area (Å²) < 4.78 is 13.3. The van der Waals surface area contributed by atoms with Crippen LogP contribution in [0, 0.1) is 13.8 Å². The van der Waals surface area contributed by atoms with E-state index in [9.17, 15) is 4.21 Å². The number of aromatic nitrogens is 2. The number of anilines is 1.